The van der Waals surface area contributed by atoms with Gasteiger partial charge in [-0.15, -0.1) is 0 Å². The van der Waals surface area contributed by atoms with Crippen molar-refractivity contribution in [1.82, 2.24) is 0 Å². The lowest BCUT2D eigenvalue weighted by atomic mass is 9.95. The SMILES string of the molecule is C[C@@H]1[C@@H](O[Si](C)(C)C(C)(C)C)C=C(S(=O)(=O)c2ccccc2)[C@H](C)C[C@@H]1O[Si](C)(C)C(C)(C)C. The van der Waals surface area contributed by atoms with E-state index in [0.717, 1.165) is 0 Å². The molecule has 2 rings (SSSR count). The summed E-state index contributed by atoms with van der Waals surface area (Å²) >= 11 is 0. The molecule has 1 aliphatic rings. The zero-order valence-electron chi connectivity index (χ0n) is 23.5. The Morgan fingerprint density at radius 1 is 0.824 bits per heavy atom. The lowest BCUT2D eigenvalue weighted by Crippen LogP contribution is -2.49. The maximum atomic E-state index is 13.8. The molecular formula is C27H48O4SSi2. The highest BCUT2D eigenvalue weighted by Gasteiger charge is 2.46. The van der Waals surface area contributed by atoms with Crippen LogP contribution < -0.4 is 0 Å². The summed E-state index contributed by atoms with van der Waals surface area (Å²) in [6.07, 6.45) is 2.22. The Morgan fingerprint density at radius 3 is 1.76 bits per heavy atom. The molecule has 1 aromatic rings. The van der Waals surface area contributed by atoms with Crippen LogP contribution in [0.15, 0.2) is 46.2 Å². The van der Waals surface area contributed by atoms with E-state index in [1.807, 2.05) is 19.1 Å². The second-order valence-corrected chi connectivity index (χ2v) is 24.6. The van der Waals surface area contributed by atoms with Gasteiger partial charge in [0.2, 0.25) is 9.84 Å². The molecule has 0 aromatic heterocycles. The summed E-state index contributed by atoms with van der Waals surface area (Å²) in [5.41, 5.74) is 0. The van der Waals surface area contributed by atoms with Crippen LogP contribution in [0.5, 0.6) is 0 Å². The Hall–Kier alpha value is -0.736. The fourth-order valence-corrected chi connectivity index (χ4v) is 8.29. The minimum absolute atomic E-state index is 0.0206. The van der Waals surface area contributed by atoms with Gasteiger partial charge in [0.15, 0.2) is 16.6 Å². The van der Waals surface area contributed by atoms with Crippen LogP contribution >= 0.6 is 0 Å². The molecule has 0 bridgehead atoms. The zero-order valence-corrected chi connectivity index (χ0v) is 26.3. The van der Waals surface area contributed by atoms with Gasteiger partial charge in [-0.1, -0.05) is 73.6 Å². The van der Waals surface area contributed by atoms with Gasteiger partial charge in [0, 0.05) is 5.92 Å². The lowest BCUT2D eigenvalue weighted by molar-refractivity contribution is 0.0517. The zero-order chi connectivity index (χ0) is 26.3. The van der Waals surface area contributed by atoms with Crippen molar-refractivity contribution < 1.29 is 17.3 Å². The number of allylic oxidation sites excluding steroid dienone is 1. The maximum Gasteiger partial charge on any atom is 0.202 e. The summed E-state index contributed by atoms with van der Waals surface area (Å²) in [6, 6.07) is 8.78. The Labute approximate surface area is 211 Å². The van der Waals surface area contributed by atoms with Gasteiger partial charge in [0.1, 0.15) is 0 Å². The van der Waals surface area contributed by atoms with E-state index in [4.69, 9.17) is 8.85 Å². The summed E-state index contributed by atoms with van der Waals surface area (Å²) in [4.78, 5) is 0.811. The van der Waals surface area contributed by atoms with Crippen LogP contribution in [-0.2, 0) is 18.7 Å². The van der Waals surface area contributed by atoms with Crippen LogP contribution in [0.3, 0.4) is 0 Å². The number of hydrogen-bond acceptors (Lipinski definition) is 4. The third-order valence-corrected chi connectivity index (χ3v) is 19.4. The van der Waals surface area contributed by atoms with Crippen molar-refractivity contribution in [2.45, 2.75) is 115 Å². The predicted octanol–water partition coefficient (Wildman–Crippen LogP) is 7.80. The van der Waals surface area contributed by atoms with Crippen molar-refractivity contribution in [3.63, 3.8) is 0 Å². The normalized spacial score (nSPS) is 25.6. The first-order valence-corrected chi connectivity index (χ1v) is 19.9. The van der Waals surface area contributed by atoms with Crippen LogP contribution in [0.4, 0.5) is 0 Å². The molecule has 0 saturated heterocycles. The Morgan fingerprint density at radius 2 is 1.29 bits per heavy atom. The third kappa shape index (κ3) is 6.33. The largest absolute Gasteiger partial charge is 0.414 e. The van der Waals surface area contributed by atoms with E-state index in [2.05, 4.69) is 74.7 Å². The maximum absolute atomic E-state index is 13.8. The number of rotatable bonds is 6. The molecule has 0 spiro atoms. The summed E-state index contributed by atoms with van der Waals surface area (Å²) in [5.74, 6) is -0.107. The molecule has 0 N–H and O–H groups in total. The number of benzene rings is 1. The molecule has 0 unspecified atom stereocenters. The average molecular weight is 525 g/mol. The molecule has 0 saturated carbocycles. The minimum atomic E-state index is -3.63. The van der Waals surface area contributed by atoms with Crippen molar-refractivity contribution >= 4 is 26.5 Å². The molecular weight excluding hydrogens is 477 g/mol. The first kappa shape index (κ1) is 29.5. The van der Waals surface area contributed by atoms with E-state index < -0.39 is 26.5 Å². The van der Waals surface area contributed by atoms with E-state index in [1.54, 1.807) is 24.3 Å². The molecule has 194 valence electrons. The van der Waals surface area contributed by atoms with Gasteiger partial charge < -0.3 is 8.85 Å². The smallest absolute Gasteiger partial charge is 0.202 e. The highest BCUT2D eigenvalue weighted by Crippen LogP contribution is 2.44. The summed E-state index contributed by atoms with van der Waals surface area (Å²) in [7, 11) is -7.84. The molecule has 4 atom stereocenters. The standard InChI is InChI=1S/C27H48O4SSi2/c1-20-18-23(30-33(9,10)26(3,4)5)21(2)24(31-34(11,12)27(6,7)8)19-25(20)32(28,29)22-16-14-13-15-17-22/h13-17,19-21,23-24H,18H2,1-12H3/t20-,21+,23+,24+/m1/s1. The summed E-state index contributed by atoms with van der Waals surface area (Å²) < 4.78 is 41.4. The molecule has 34 heavy (non-hydrogen) atoms. The molecule has 0 aliphatic heterocycles. The van der Waals surface area contributed by atoms with Crippen molar-refractivity contribution in [3.8, 4) is 0 Å². The molecule has 4 nitrogen and oxygen atoms in total. The van der Waals surface area contributed by atoms with E-state index >= 15 is 0 Å². The fourth-order valence-electron chi connectivity index (χ4n) is 3.83. The van der Waals surface area contributed by atoms with Gasteiger partial charge in [-0.3, -0.25) is 0 Å². The van der Waals surface area contributed by atoms with Crippen molar-refractivity contribution in [2.75, 3.05) is 0 Å². The van der Waals surface area contributed by atoms with E-state index in [1.165, 1.54) is 0 Å². The summed E-state index contributed by atoms with van der Waals surface area (Å²) in [5, 5.41) is 0.0944. The Bertz CT molecular complexity index is 970. The van der Waals surface area contributed by atoms with E-state index in [9.17, 15) is 8.42 Å². The van der Waals surface area contributed by atoms with Crippen LogP contribution in [0.2, 0.25) is 36.3 Å². The summed E-state index contributed by atoms with van der Waals surface area (Å²) in [6.45, 7) is 26.6. The van der Waals surface area contributed by atoms with Gasteiger partial charge in [0.05, 0.1) is 22.0 Å². The van der Waals surface area contributed by atoms with E-state index in [0.29, 0.717) is 16.2 Å². The van der Waals surface area contributed by atoms with Crippen molar-refractivity contribution in [3.05, 3.63) is 41.3 Å². The molecule has 0 heterocycles. The molecule has 1 aliphatic carbocycles. The molecule has 0 amide bonds. The Balaban J connectivity index is 2.59. The lowest BCUT2D eigenvalue weighted by Gasteiger charge is -2.44. The van der Waals surface area contributed by atoms with Crippen molar-refractivity contribution in [1.29, 1.82) is 0 Å². The highest BCUT2D eigenvalue weighted by atomic mass is 32.2. The van der Waals surface area contributed by atoms with Crippen LogP contribution in [0, 0.1) is 11.8 Å². The monoisotopic (exact) mass is 524 g/mol. The first-order valence-electron chi connectivity index (χ1n) is 12.6. The fraction of sp³-hybridized carbons (Fsp3) is 0.704. The minimum Gasteiger partial charge on any atom is -0.414 e. The topological polar surface area (TPSA) is 52.6 Å². The van der Waals surface area contributed by atoms with Crippen LogP contribution in [0.1, 0.15) is 61.8 Å². The molecule has 7 heteroatoms. The second kappa shape index (κ2) is 9.96. The van der Waals surface area contributed by atoms with Gasteiger partial charge in [-0.2, -0.15) is 0 Å². The van der Waals surface area contributed by atoms with Gasteiger partial charge in [0.25, 0.3) is 0 Å². The second-order valence-electron chi connectivity index (χ2n) is 13.1. The molecule has 1 aromatic carbocycles. The van der Waals surface area contributed by atoms with Gasteiger partial charge in [-0.25, -0.2) is 8.42 Å². The van der Waals surface area contributed by atoms with Gasteiger partial charge in [-0.05, 0) is 66.8 Å². The van der Waals surface area contributed by atoms with E-state index in [-0.39, 0.29) is 34.1 Å². The number of hydrogen-bond donors (Lipinski definition) is 0. The molecule has 0 radical (unpaired) electrons. The number of sulfone groups is 1. The quantitative estimate of drug-likeness (QED) is 0.356. The first-order chi connectivity index (χ1) is 15.2. The van der Waals surface area contributed by atoms with Crippen molar-refractivity contribution in [2.24, 2.45) is 11.8 Å². The van der Waals surface area contributed by atoms with Crippen LogP contribution in [0.25, 0.3) is 0 Å². The van der Waals surface area contributed by atoms with Gasteiger partial charge >= 0.3 is 0 Å². The van der Waals surface area contributed by atoms with Crippen LogP contribution in [-0.4, -0.2) is 37.3 Å². The average Bonchev–Trinajstić information content (AvgIpc) is 2.78. The third-order valence-electron chi connectivity index (χ3n) is 8.36. The predicted molar refractivity (Wildman–Crippen MR) is 149 cm³/mol. The highest BCUT2D eigenvalue weighted by molar-refractivity contribution is 7.95. The Kier molecular flexibility index (Phi) is 8.64. The molecule has 0 fully saturated rings.